The lowest BCUT2D eigenvalue weighted by molar-refractivity contribution is -0.121. The molecule has 0 bridgehead atoms. The van der Waals surface area contributed by atoms with E-state index in [1.807, 2.05) is 19.1 Å². The molecule has 1 aromatic rings. The molecule has 0 saturated heterocycles. The van der Waals surface area contributed by atoms with Crippen LogP contribution in [-0.4, -0.2) is 11.0 Å². The van der Waals surface area contributed by atoms with Gasteiger partial charge in [0.05, 0.1) is 6.04 Å². The molecule has 3 heteroatoms. The van der Waals surface area contributed by atoms with E-state index in [4.69, 9.17) is 0 Å². The first-order valence-electron chi connectivity index (χ1n) is 9.55. The standard InChI is InChI=1S/C22H37NO2/c1-9-10-11-12-19(24)23-15(2)16-13-17(21(3,4)5)20(25)18(14-16)22(6,7)8/h13-15,25H,9-12H2,1-8H3,(H,23,24)/t15-/m0/s1. The van der Waals surface area contributed by atoms with Gasteiger partial charge in [0.25, 0.3) is 0 Å². The van der Waals surface area contributed by atoms with Crippen LogP contribution in [0.3, 0.4) is 0 Å². The Labute approximate surface area is 154 Å². The topological polar surface area (TPSA) is 49.3 Å². The Morgan fingerprint density at radius 2 is 1.52 bits per heavy atom. The van der Waals surface area contributed by atoms with Crippen molar-refractivity contribution in [2.24, 2.45) is 0 Å². The third kappa shape index (κ3) is 6.05. The Balaban J connectivity index is 3.16. The van der Waals surface area contributed by atoms with Gasteiger partial charge in [-0.25, -0.2) is 0 Å². The van der Waals surface area contributed by atoms with Crippen LogP contribution in [0, 0.1) is 0 Å². The maximum absolute atomic E-state index is 12.2. The summed E-state index contributed by atoms with van der Waals surface area (Å²) in [6.45, 7) is 16.8. The van der Waals surface area contributed by atoms with Crippen LogP contribution in [0.15, 0.2) is 12.1 Å². The van der Waals surface area contributed by atoms with Crippen LogP contribution < -0.4 is 5.32 Å². The molecule has 0 unspecified atom stereocenters. The molecule has 0 radical (unpaired) electrons. The normalized spacial score (nSPS) is 13.6. The number of hydrogen-bond donors (Lipinski definition) is 2. The average molecular weight is 348 g/mol. The van der Waals surface area contributed by atoms with E-state index in [0.717, 1.165) is 36.0 Å². The van der Waals surface area contributed by atoms with Crippen molar-refractivity contribution in [1.29, 1.82) is 0 Å². The maximum Gasteiger partial charge on any atom is 0.220 e. The quantitative estimate of drug-likeness (QED) is 0.644. The van der Waals surface area contributed by atoms with Crippen LogP contribution in [0.25, 0.3) is 0 Å². The molecule has 0 aliphatic carbocycles. The van der Waals surface area contributed by atoms with Crippen molar-refractivity contribution in [3.63, 3.8) is 0 Å². The highest BCUT2D eigenvalue weighted by atomic mass is 16.3. The van der Waals surface area contributed by atoms with E-state index in [-0.39, 0.29) is 22.8 Å². The fourth-order valence-electron chi connectivity index (χ4n) is 2.98. The lowest BCUT2D eigenvalue weighted by atomic mass is 9.78. The number of amides is 1. The Kier molecular flexibility index (Phi) is 7.10. The number of rotatable bonds is 6. The van der Waals surface area contributed by atoms with Crippen molar-refractivity contribution >= 4 is 5.91 Å². The van der Waals surface area contributed by atoms with Crippen LogP contribution in [0.5, 0.6) is 5.75 Å². The molecule has 25 heavy (non-hydrogen) atoms. The summed E-state index contributed by atoms with van der Waals surface area (Å²) in [6, 6.07) is 4.01. The van der Waals surface area contributed by atoms with Crippen molar-refractivity contribution in [3.05, 3.63) is 28.8 Å². The maximum atomic E-state index is 12.2. The monoisotopic (exact) mass is 347 g/mol. The molecule has 1 amide bonds. The number of aromatic hydroxyl groups is 1. The Morgan fingerprint density at radius 1 is 1.04 bits per heavy atom. The van der Waals surface area contributed by atoms with Crippen LogP contribution in [-0.2, 0) is 15.6 Å². The van der Waals surface area contributed by atoms with E-state index in [9.17, 15) is 9.90 Å². The minimum atomic E-state index is -0.162. The van der Waals surface area contributed by atoms with Gasteiger partial charge >= 0.3 is 0 Å². The SMILES string of the molecule is CCCCCC(=O)N[C@@H](C)c1cc(C(C)(C)C)c(O)c(C(C)(C)C)c1. The second kappa shape index (κ2) is 8.25. The number of nitrogens with one attached hydrogen (secondary N) is 1. The zero-order chi connectivity index (χ0) is 19.4. The summed E-state index contributed by atoms with van der Waals surface area (Å²) in [5.41, 5.74) is 2.59. The molecule has 3 nitrogen and oxygen atoms in total. The minimum Gasteiger partial charge on any atom is -0.507 e. The van der Waals surface area contributed by atoms with Gasteiger partial charge in [-0.1, -0.05) is 61.3 Å². The number of hydrogen-bond acceptors (Lipinski definition) is 2. The number of benzene rings is 1. The van der Waals surface area contributed by atoms with E-state index < -0.39 is 0 Å². The molecule has 0 aromatic heterocycles. The zero-order valence-corrected chi connectivity index (χ0v) is 17.4. The van der Waals surface area contributed by atoms with Gasteiger partial charge in [0.1, 0.15) is 5.75 Å². The number of phenolic OH excluding ortho intramolecular Hbond substituents is 1. The van der Waals surface area contributed by atoms with Crippen molar-refractivity contribution in [3.8, 4) is 5.75 Å². The van der Waals surface area contributed by atoms with E-state index in [1.165, 1.54) is 0 Å². The number of phenols is 1. The molecule has 0 aliphatic heterocycles. The Hall–Kier alpha value is -1.51. The van der Waals surface area contributed by atoms with Crippen molar-refractivity contribution < 1.29 is 9.90 Å². The number of carbonyl (C=O) groups excluding carboxylic acids is 1. The number of unbranched alkanes of at least 4 members (excludes halogenated alkanes) is 2. The highest BCUT2D eigenvalue weighted by Crippen LogP contribution is 2.40. The number of carbonyl (C=O) groups is 1. The lowest BCUT2D eigenvalue weighted by Gasteiger charge is -2.29. The molecule has 1 rings (SSSR count). The zero-order valence-electron chi connectivity index (χ0n) is 17.4. The average Bonchev–Trinajstić information content (AvgIpc) is 2.45. The van der Waals surface area contributed by atoms with Crippen molar-refractivity contribution in [2.45, 2.75) is 97.9 Å². The summed E-state index contributed by atoms with van der Waals surface area (Å²) < 4.78 is 0. The van der Waals surface area contributed by atoms with E-state index >= 15 is 0 Å². The summed E-state index contributed by atoms with van der Waals surface area (Å²) in [5.74, 6) is 0.480. The molecular formula is C22H37NO2. The molecular weight excluding hydrogens is 310 g/mol. The van der Waals surface area contributed by atoms with Gasteiger partial charge < -0.3 is 10.4 Å². The predicted octanol–water partition coefficient (Wildman–Crippen LogP) is 5.74. The first kappa shape index (κ1) is 21.5. The Morgan fingerprint density at radius 3 is 1.92 bits per heavy atom. The van der Waals surface area contributed by atoms with Crippen LogP contribution in [0.4, 0.5) is 0 Å². The molecule has 2 N–H and O–H groups in total. The van der Waals surface area contributed by atoms with Gasteiger partial charge in [-0.3, -0.25) is 4.79 Å². The summed E-state index contributed by atoms with van der Waals surface area (Å²) >= 11 is 0. The van der Waals surface area contributed by atoms with Gasteiger partial charge in [0, 0.05) is 6.42 Å². The van der Waals surface area contributed by atoms with Crippen molar-refractivity contribution in [2.75, 3.05) is 0 Å². The van der Waals surface area contributed by atoms with Crippen LogP contribution >= 0.6 is 0 Å². The van der Waals surface area contributed by atoms with Gasteiger partial charge in [-0.2, -0.15) is 0 Å². The molecule has 1 aromatic carbocycles. The summed E-state index contributed by atoms with van der Waals surface area (Å²) in [6.07, 6.45) is 3.72. The fourth-order valence-corrected chi connectivity index (χ4v) is 2.98. The smallest absolute Gasteiger partial charge is 0.220 e. The predicted molar refractivity (Wildman–Crippen MR) is 106 cm³/mol. The molecule has 1 atom stereocenters. The second-order valence-corrected chi connectivity index (χ2v) is 9.21. The van der Waals surface area contributed by atoms with Crippen LogP contribution in [0.1, 0.15) is 104 Å². The molecule has 0 spiro atoms. The third-order valence-electron chi connectivity index (χ3n) is 4.63. The van der Waals surface area contributed by atoms with Gasteiger partial charge in [0.15, 0.2) is 0 Å². The summed E-state index contributed by atoms with van der Waals surface area (Å²) in [7, 11) is 0. The minimum absolute atomic E-state index is 0.0723. The lowest BCUT2D eigenvalue weighted by Crippen LogP contribution is -2.27. The van der Waals surface area contributed by atoms with Crippen LogP contribution in [0.2, 0.25) is 0 Å². The fraction of sp³-hybridized carbons (Fsp3) is 0.682. The van der Waals surface area contributed by atoms with Gasteiger partial charge in [-0.05, 0) is 53.0 Å². The molecule has 0 aliphatic rings. The summed E-state index contributed by atoms with van der Waals surface area (Å²) in [5, 5.41) is 13.9. The second-order valence-electron chi connectivity index (χ2n) is 9.21. The largest absolute Gasteiger partial charge is 0.507 e. The van der Waals surface area contributed by atoms with Crippen molar-refractivity contribution in [1.82, 2.24) is 5.32 Å². The highest BCUT2D eigenvalue weighted by molar-refractivity contribution is 5.76. The van der Waals surface area contributed by atoms with Gasteiger partial charge in [0.2, 0.25) is 5.91 Å². The molecule has 0 saturated carbocycles. The van der Waals surface area contributed by atoms with E-state index in [2.05, 4.69) is 53.8 Å². The highest BCUT2D eigenvalue weighted by Gasteiger charge is 2.27. The molecule has 0 heterocycles. The molecule has 0 fully saturated rings. The third-order valence-corrected chi connectivity index (χ3v) is 4.63. The van der Waals surface area contributed by atoms with E-state index in [0.29, 0.717) is 12.2 Å². The molecule has 142 valence electrons. The van der Waals surface area contributed by atoms with E-state index in [1.54, 1.807) is 0 Å². The first-order valence-corrected chi connectivity index (χ1v) is 9.55. The summed E-state index contributed by atoms with van der Waals surface area (Å²) in [4.78, 5) is 12.2. The van der Waals surface area contributed by atoms with Gasteiger partial charge in [-0.15, -0.1) is 0 Å². The Bertz CT molecular complexity index is 556. The first-order chi connectivity index (χ1) is 11.4.